The van der Waals surface area contributed by atoms with Crippen LogP contribution in [-0.4, -0.2) is 60.5 Å². The number of hydrogen-bond donors (Lipinski definition) is 1. The van der Waals surface area contributed by atoms with Gasteiger partial charge in [0.1, 0.15) is 6.04 Å². The van der Waals surface area contributed by atoms with E-state index in [0.717, 1.165) is 6.54 Å². The molecule has 0 aromatic heterocycles. The van der Waals surface area contributed by atoms with Crippen LogP contribution in [0.5, 0.6) is 0 Å². The van der Waals surface area contributed by atoms with Crippen molar-refractivity contribution < 1.29 is 4.79 Å². The SMILES string of the molecule is CNCC1C(=O)N(C(C)C)C(C)(C)CN1C. The number of nitrogens with one attached hydrogen (secondary N) is 1. The van der Waals surface area contributed by atoms with E-state index in [9.17, 15) is 4.79 Å². The van der Waals surface area contributed by atoms with Crippen LogP contribution in [0.2, 0.25) is 0 Å². The Morgan fingerprint density at radius 1 is 1.50 bits per heavy atom. The van der Waals surface area contributed by atoms with Crippen molar-refractivity contribution in [2.75, 3.05) is 27.2 Å². The summed E-state index contributed by atoms with van der Waals surface area (Å²) in [5, 5.41) is 3.10. The van der Waals surface area contributed by atoms with Gasteiger partial charge in [0.25, 0.3) is 0 Å². The summed E-state index contributed by atoms with van der Waals surface area (Å²) >= 11 is 0. The van der Waals surface area contributed by atoms with Gasteiger partial charge in [-0.3, -0.25) is 9.69 Å². The van der Waals surface area contributed by atoms with E-state index in [4.69, 9.17) is 0 Å². The monoisotopic (exact) mass is 227 g/mol. The highest BCUT2D eigenvalue weighted by Crippen LogP contribution is 2.26. The summed E-state index contributed by atoms with van der Waals surface area (Å²) in [5.41, 5.74) is -0.0791. The maximum atomic E-state index is 12.4. The molecule has 0 aliphatic carbocycles. The minimum absolute atomic E-state index is 0.0274. The van der Waals surface area contributed by atoms with Gasteiger partial charge in [0.2, 0.25) is 5.91 Å². The van der Waals surface area contributed by atoms with E-state index in [-0.39, 0.29) is 23.5 Å². The summed E-state index contributed by atoms with van der Waals surface area (Å²) in [6.45, 7) is 10.1. The quantitative estimate of drug-likeness (QED) is 0.764. The molecule has 0 radical (unpaired) electrons. The van der Waals surface area contributed by atoms with Crippen molar-refractivity contribution in [2.24, 2.45) is 0 Å². The molecular formula is C12H25N3O. The van der Waals surface area contributed by atoms with Crippen molar-refractivity contribution >= 4 is 5.91 Å². The molecular weight excluding hydrogens is 202 g/mol. The van der Waals surface area contributed by atoms with E-state index in [1.807, 2.05) is 19.0 Å². The summed E-state index contributed by atoms with van der Waals surface area (Å²) in [4.78, 5) is 16.6. The summed E-state index contributed by atoms with van der Waals surface area (Å²) in [7, 11) is 3.92. The first-order valence-corrected chi connectivity index (χ1v) is 5.99. The highest BCUT2D eigenvalue weighted by atomic mass is 16.2. The van der Waals surface area contributed by atoms with Gasteiger partial charge in [-0.2, -0.15) is 0 Å². The molecule has 4 nitrogen and oxygen atoms in total. The Labute approximate surface area is 99.0 Å². The van der Waals surface area contributed by atoms with Crippen molar-refractivity contribution in [3.8, 4) is 0 Å². The minimum Gasteiger partial charge on any atom is -0.332 e. The van der Waals surface area contributed by atoms with Crippen molar-refractivity contribution in [1.82, 2.24) is 15.1 Å². The Balaban J connectivity index is 2.94. The molecule has 0 aromatic carbocycles. The number of amides is 1. The van der Waals surface area contributed by atoms with Crippen LogP contribution < -0.4 is 5.32 Å². The van der Waals surface area contributed by atoms with E-state index in [1.54, 1.807) is 0 Å². The van der Waals surface area contributed by atoms with Crippen molar-refractivity contribution in [3.05, 3.63) is 0 Å². The topological polar surface area (TPSA) is 35.6 Å². The lowest BCUT2D eigenvalue weighted by Gasteiger charge is -2.51. The zero-order valence-electron chi connectivity index (χ0n) is 11.4. The van der Waals surface area contributed by atoms with Crippen LogP contribution >= 0.6 is 0 Å². The van der Waals surface area contributed by atoms with Crippen molar-refractivity contribution in [1.29, 1.82) is 0 Å². The number of likely N-dealkylation sites (N-methyl/N-ethyl adjacent to an activating group) is 2. The average Bonchev–Trinajstić information content (AvgIpc) is 2.09. The van der Waals surface area contributed by atoms with Gasteiger partial charge in [0, 0.05) is 19.1 Å². The predicted octanol–water partition coefficient (Wildman–Crippen LogP) is 0.535. The summed E-state index contributed by atoms with van der Waals surface area (Å²) < 4.78 is 0. The molecule has 1 saturated heterocycles. The molecule has 1 aliphatic rings. The largest absolute Gasteiger partial charge is 0.332 e. The van der Waals surface area contributed by atoms with E-state index in [2.05, 4.69) is 37.9 Å². The third-order valence-electron chi connectivity index (χ3n) is 3.26. The van der Waals surface area contributed by atoms with Gasteiger partial charge in [0.05, 0.1) is 5.54 Å². The second kappa shape index (κ2) is 4.72. The summed E-state index contributed by atoms with van der Waals surface area (Å²) in [5.74, 6) is 0.239. The molecule has 94 valence electrons. The van der Waals surface area contributed by atoms with Crippen LogP contribution in [0.15, 0.2) is 0 Å². The van der Waals surface area contributed by atoms with Crippen LogP contribution in [-0.2, 0) is 4.79 Å². The number of carbonyl (C=O) groups is 1. The lowest BCUT2D eigenvalue weighted by molar-refractivity contribution is -0.153. The Morgan fingerprint density at radius 2 is 2.06 bits per heavy atom. The lowest BCUT2D eigenvalue weighted by atomic mass is 9.93. The van der Waals surface area contributed by atoms with E-state index >= 15 is 0 Å². The van der Waals surface area contributed by atoms with Crippen LogP contribution in [0.25, 0.3) is 0 Å². The van der Waals surface area contributed by atoms with Crippen LogP contribution in [0.3, 0.4) is 0 Å². The Morgan fingerprint density at radius 3 is 2.50 bits per heavy atom. The molecule has 1 heterocycles. The average molecular weight is 227 g/mol. The highest BCUT2D eigenvalue weighted by molar-refractivity contribution is 5.84. The molecule has 4 heteroatoms. The fourth-order valence-corrected chi connectivity index (χ4v) is 2.83. The van der Waals surface area contributed by atoms with Crippen LogP contribution in [0.1, 0.15) is 27.7 Å². The molecule has 1 fully saturated rings. The number of carbonyl (C=O) groups excluding carboxylic acids is 1. The molecule has 0 saturated carbocycles. The van der Waals surface area contributed by atoms with E-state index in [1.165, 1.54) is 0 Å². The van der Waals surface area contributed by atoms with Gasteiger partial charge >= 0.3 is 0 Å². The van der Waals surface area contributed by atoms with Gasteiger partial charge in [-0.05, 0) is 41.8 Å². The number of rotatable bonds is 3. The molecule has 1 unspecified atom stereocenters. The Kier molecular flexibility index (Phi) is 3.97. The van der Waals surface area contributed by atoms with Crippen LogP contribution in [0.4, 0.5) is 0 Å². The Bertz CT molecular complexity index is 263. The third kappa shape index (κ3) is 2.38. The molecule has 0 spiro atoms. The summed E-state index contributed by atoms with van der Waals surface area (Å²) in [6.07, 6.45) is 0. The zero-order valence-corrected chi connectivity index (χ0v) is 11.4. The molecule has 1 aliphatic heterocycles. The van der Waals surface area contributed by atoms with Crippen molar-refractivity contribution in [3.63, 3.8) is 0 Å². The molecule has 16 heavy (non-hydrogen) atoms. The number of hydrogen-bond acceptors (Lipinski definition) is 3. The fraction of sp³-hybridized carbons (Fsp3) is 0.917. The smallest absolute Gasteiger partial charge is 0.241 e. The predicted molar refractivity (Wildman–Crippen MR) is 66.4 cm³/mol. The third-order valence-corrected chi connectivity index (χ3v) is 3.26. The maximum absolute atomic E-state index is 12.4. The first-order chi connectivity index (χ1) is 7.31. The summed E-state index contributed by atoms with van der Waals surface area (Å²) in [6, 6.07) is 0.232. The number of piperazine rings is 1. The van der Waals surface area contributed by atoms with Gasteiger partial charge < -0.3 is 10.2 Å². The van der Waals surface area contributed by atoms with Crippen LogP contribution in [0, 0.1) is 0 Å². The molecule has 0 aromatic rings. The maximum Gasteiger partial charge on any atom is 0.241 e. The second-order valence-electron chi connectivity index (χ2n) is 5.60. The standard InChI is InChI=1S/C12H25N3O/c1-9(2)15-11(16)10(7-13-5)14(6)8-12(15,3)4/h9-10,13H,7-8H2,1-6H3. The van der Waals surface area contributed by atoms with Gasteiger partial charge in [-0.1, -0.05) is 0 Å². The van der Waals surface area contributed by atoms with E-state index < -0.39 is 0 Å². The molecule has 1 N–H and O–H groups in total. The molecule has 1 atom stereocenters. The lowest BCUT2D eigenvalue weighted by Crippen LogP contribution is -2.68. The molecule has 0 bridgehead atoms. The minimum atomic E-state index is -0.0791. The highest BCUT2D eigenvalue weighted by Gasteiger charge is 2.43. The molecule has 1 rings (SSSR count). The zero-order chi connectivity index (χ0) is 12.5. The van der Waals surface area contributed by atoms with Crippen molar-refractivity contribution in [2.45, 2.75) is 45.3 Å². The Hall–Kier alpha value is -0.610. The first-order valence-electron chi connectivity index (χ1n) is 5.99. The number of nitrogens with zero attached hydrogens (tertiary/aromatic N) is 2. The first kappa shape index (κ1) is 13.5. The van der Waals surface area contributed by atoms with Gasteiger partial charge in [-0.25, -0.2) is 0 Å². The van der Waals surface area contributed by atoms with Gasteiger partial charge in [0.15, 0.2) is 0 Å². The fourth-order valence-electron chi connectivity index (χ4n) is 2.83. The van der Waals surface area contributed by atoms with Gasteiger partial charge in [-0.15, -0.1) is 0 Å². The second-order valence-corrected chi connectivity index (χ2v) is 5.60. The normalized spacial score (nSPS) is 26.6. The molecule has 1 amide bonds. The van der Waals surface area contributed by atoms with E-state index in [0.29, 0.717) is 6.54 Å².